The van der Waals surface area contributed by atoms with Crippen LogP contribution in [0.2, 0.25) is 0 Å². The molecular weight excluding hydrogens is 266 g/mol. The van der Waals surface area contributed by atoms with Crippen LogP contribution in [0.4, 0.5) is 5.69 Å². The van der Waals surface area contributed by atoms with Gasteiger partial charge in [-0.2, -0.15) is 0 Å². The normalized spacial score (nSPS) is 13.5. The smallest absolute Gasteiger partial charge is 0.357 e. The van der Waals surface area contributed by atoms with Gasteiger partial charge in [0.1, 0.15) is 0 Å². The molecule has 1 unspecified atom stereocenters. The summed E-state index contributed by atoms with van der Waals surface area (Å²) in [7, 11) is 0. The molecule has 0 aliphatic rings. The largest absolute Gasteiger partial charge is 0.478 e. The molecule has 4 heteroatoms. The summed E-state index contributed by atoms with van der Waals surface area (Å²) in [5, 5.41) is 19.6. The minimum Gasteiger partial charge on any atom is -0.478 e. The predicted molar refractivity (Wildman–Crippen MR) is 83.2 cm³/mol. The van der Waals surface area contributed by atoms with E-state index in [1.54, 1.807) is 0 Å². The third-order valence-electron chi connectivity index (χ3n) is 3.53. The van der Waals surface area contributed by atoms with Crippen molar-refractivity contribution in [1.29, 1.82) is 0 Å². The minimum atomic E-state index is -1.96. The number of carboxylic acids is 1. The van der Waals surface area contributed by atoms with E-state index >= 15 is 0 Å². The van der Waals surface area contributed by atoms with Gasteiger partial charge < -0.3 is 15.1 Å². The standard InChI is InChI=1S/C17H19NO3/c1-3-18(17(2,21)16(19)20)15-12-8-7-11-14(15)13-9-5-4-6-10-13/h4-12,21H,3H2,1-2H3,(H,19,20). The molecule has 0 heterocycles. The molecule has 0 saturated heterocycles. The highest BCUT2D eigenvalue weighted by Gasteiger charge is 2.37. The zero-order valence-corrected chi connectivity index (χ0v) is 12.2. The van der Waals surface area contributed by atoms with Crippen molar-refractivity contribution in [2.24, 2.45) is 0 Å². The Labute approximate surface area is 124 Å². The molecule has 2 N–H and O–H groups in total. The molecule has 0 radical (unpaired) electrons. The lowest BCUT2D eigenvalue weighted by atomic mass is 10.0. The molecule has 2 rings (SSSR count). The number of anilines is 1. The van der Waals surface area contributed by atoms with Gasteiger partial charge in [-0.15, -0.1) is 0 Å². The van der Waals surface area contributed by atoms with Crippen LogP contribution in [0.25, 0.3) is 11.1 Å². The first-order chi connectivity index (χ1) is 9.98. The Morgan fingerprint density at radius 1 is 1.10 bits per heavy atom. The Morgan fingerprint density at radius 2 is 1.67 bits per heavy atom. The van der Waals surface area contributed by atoms with Gasteiger partial charge in [-0.1, -0.05) is 48.5 Å². The number of hydrogen-bond donors (Lipinski definition) is 2. The van der Waals surface area contributed by atoms with Crippen LogP contribution in [0.3, 0.4) is 0 Å². The summed E-state index contributed by atoms with van der Waals surface area (Å²) in [5.41, 5.74) is 0.604. The van der Waals surface area contributed by atoms with Crippen LogP contribution in [0.5, 0.6) is 0 Å². The Hall–Kier alpha value is -2.33. The summed E-state index contributed by atoms with van der Waals surface area (Å²) >= 11 is 0. The molecule has 2 aromatic rings. The maximum Gasteiger partial charge on any atom is 0.357 e. The van der Waals surface area contributed by atoms with Gasteiger partial charge in [0.05, 0.1) is 0 Å². The maximum atomic E-state index is 11.4. The minimum absolute atomic E-state index is 0.378. The molecule has 0 aromatic heterocycles. The number of likely N-dealkylation sites (N-methyl/N-ethyl adjacent to an activating group) is 1. The number of aliphatic carboxylic acids is 1. The van der Waals surface area contributed by atoms with Crippen molar-refractivity contribution in [3.8, 4) is 11.1 Å². The van der Waals surface area contributed by atoms with Gasteiger partial charge in [0, 0.05) is 17.8 Å². The maximum absolute atomic E-state index is 11.4. The summed E-state index contributed by atoms with van der Waals surface area (Å²) in [5.74, 6) is -1.27. The summed E-state index contributed by atoms with van der Waals surface area (Å²) in [6.45, 7) is 3.49. The average Bonchev–Trinajstić information content (AvgIpc) is 2.49. The highest BCUT2D eigenvalue weighted by Crippen LogP contribution is 2.33. The number of carboxylic acid groups (broad SMARTS) is 1. The molecule has 0 spiro atoms. The lowest BCUT2D eigenvalue weighted by molar-refractivity contribution is -0.156. The second-order valence-corrected chi connectivity index (χ2v) is 4.95. The van der Waals surface area contributed by atoms with Crippen molar-refractivity contribution in [3.63, 3.8) is 0 Å². The van der Waals surface area contributed by atoms with Crippen LogP contribution in [0.1, 0.15) is 13.8 Å². The fourth-order valence-electron chi connectivity index (χ4n) is 2.40. The Morgan fingerprint density at radius 3 is 2.24 bits per heavy atom. The van der Waals surface area contributed by atoms with Gasteiger partial charge in [0.15, 0.2) is 0 Å². The molecule has 0 fully saturated rings. The molecule has 2 aromatic carbocycles. The number of nitrogens with zero attached hydrogens (tertiary/aromatic N) is 1. The molecule has 0 aliphatic carbocycles. The summed E-state index contributed by atoms with van der Waals surface area (Å²) in [6.07, 6.45) is 0. The van der Waals surface area contributed by atoms with Crippen LogP contribution in [-0.2, 0) is 4.79 Å². The van der Waals surface area contributed by atoms with Crippen LogP contribution in [0.15, 0.2) is 54.6 Å². The molecular formula is C17H19NO3. The van der Waals surface area contributed by atoms with E-state index in [0.29, 0.717) is 12.2 Å². The monoisotopic (exact) mass is 285 g/mol. The Balaban J connectivity index is 2.56. The second-order valence-electron chi connectivity index (χ2n) is 4.95. The number of hydrogen-bond acceptors (Lipinski definition) is 3. The molecule has 0 bridgehead atoms. The van der Waals surface area contributed by atoms with Gasteiger partial charge in [0.25, 0.3) is 0 Å². The molecule has 0 amide bonds. The van der Waals surface area contributed by atoms with E-state index in [2.05, 4.69) is 0 Å². The third-order valence-corrected chi connectivity index (χ3v) is 3.53. The zero-order valence-electron chi connectivity index (χ0n) is 12.2. The van der Waals surface area contributed by atoms with Gasteiger partial charge in [0.2, 0.25) is 5.72 Å². The summed E-state index contributed by atoms with van der Waals surface area (Å²) in [6, 6.07) is 17.2. The highest BCUT2D eigenvalue weighted by molar-refractivity contribution is 5.85. The first kappa shape index (κ1) is 15.1. The Kier molecular flexibility index (Phi) is 4.29. The van der Waals surface area contributed by atoms with Crippen LogP contribution in [0, 0.1) is 0 Å². The topological polar surface area (TPSA) is 60.8 Å². The SMILES string of the molecule is CCN(c1ccccc1-c1ccccc1)C(C)(O)C(=O)O. The molecule has 0 saturated carbocycles. The third kappa shape index (κ3) is 2.90. The molecule has 4 nitrogen and oxygen atoms in total. The van der Waals surface area contributed by atoms with E-state index in [0.717, 1.165) is 11.1 Å². The van der Waals surface area contributed by atoms with Crippen molar-refractivity contribution in [2.75, 3.05) is 11.4 Å². The number of aliphatic hydroxyl groups is 1. The zero-order chi connectivity index (χ0) is 15.5. The van der Waals surface area contributed by atoms with Gasteiger partial charge >= 0.3 is 5.97 Å². The fraction of sp³-hybridized carbons (Fsp3) is 0.235. The van der Waals surface area contributed by atoms with Crippen LogP contribution < -0.4 is 4.90 Å². The number of para-hydroxylation sites is 1. The van der Waals surface area contributed by atoms with E-state index < -0.39 is 11.7 Å². The lowest BCUT2D eigenvalue weighted by Crippen LogP contribution is -2.53. The summed E-state index contributed by atoms with van der Waals surface area (Å²) in [4.78, 5) is 12.8. The van der Waals surface area contributed by atoms with Crippen LogP contribution in [-0.4, -0.2) is 28.5 Å². The van der Waals surface area contributed by atoms with E-state index in [1.807, 2.05) is 61.5 Å². The molecule has 0 aliphatic heterocycles. The Bertz CT molecular complexity index is 623. The molecule has 110 valence electrons. The second kappa shape index (κ2) is 5.97. The van der Waals surface area contributed by atoms with Crippen LogP contribution >= 0.6 is 0 Å². The highest BCUT2D eigenvalue weighted by atomic mass is 16.4. The van der Waals surface area contributed by atoms with Crippen molar-refractivity contribution in [3.05, 3.63) is 54.6 Å². The number of benzene rings is 2. The van der Waals surface area contributed by atoms with Crippen molar-refractivity contribution in [1.82, 2.24) is 0 Å². The first-order valence-corrected chi connectivity index (χ1v) is 6.86. The summed E-state index contributed by atoms with van der Waals surface area (Å²) < 4.78 is 0. The van der Waals surface area contributed by atoms with Crippen molar-refractivity contribution >= 4 is 11.7 Å². The van der Waals surface area contributed by atoms with E-state index in [1.165, 1.54) is 11.8 Å². The average molecular weight is 285 g/mol. The quantitative estimate of drug-likeness (QED) is 0.829. The fourth-order valence-corrected chi connectivity index (χ4v) is 2.40. The number of carbonyl (C=O) groups is 1. The van der Waals surface area contributed by atoms with Gasteiger partial charge in [-0.3, -0.25) is 0 Å². The van der Waals surface area contributed by atoms with Gasteiger partial charge in [-0.25, -0.2) is 4.79 Å². The van der Waals surface area contributed by atoms with E-state index in [4.69, 9.17) is 0 Å². The van der Waals surface area contributed by atoms with Crippen molar-refractivity contribution in [2.45, 2.75) is 19.6 Å². The number of rotatable bonds is 5. The van der Waals surface area contributed by atoms with E-state index in [-0.39, 0.29) is 0 Å². The molecule has 1 atom stereocenters. The lowest BCUT2D eigenvalue weighted by Gasteiger charge is -2.35. The first-order valence-electron chi connectivity index (χ1n) is 6.86. The van der Waals surface area contributed by atoms with E-state index in [9.17, 15) is 15.0 Å². The van der Waals surface area contributed by atoms with Crippen molar-refractivity contribution < 1.29 is 15.0 Å². The molecule has 21 heavy (non-hydrogen) atoms. The predicted octanol–water partition coefficient (Wildman–Crippen LogP) is 2.97. The van der Waals surface area contributed by atoms with Gasteiger partial charge in [-0.05, 0) is 25.5 Å².